The molecule has 1 aliphatic rings. The molecule has 18 heavy (non-hydrogen) atoms. The monoisotopic (exact) mass is 266 g/mol. The van der Waals surface area contributed by atoms with Gasteiger partial charge in [0.05, 0.1) is 10.8 Å². The summed E-state index contributed by atoms with van der Waals surface area (Å²) in [5.41, 5.74) is 7.26. The van der Waals surface area contributed by atoms with E-state index < -0.39 is 10.8 Å². The van der Waals surface area contributed by atoms with Gasteiger partial charge < -0.3 is 11.1 Å². The highest BCUT2D eigenvalue weighted by molar-refractivity contribution is 7.85. The summed E-state index contributed by atoms with van der Waals surface area (Å²) in [6, 6.07) is 5.22. The van der Waals surface area contributed by atoms with Gasteiger partial charge in [0.2, 0.25) is 5.91 Å². The first kappa shape index (κ1) is 13.1. The Morgan fingerprint density at radius 3 is 2.83 bits per heavy atom. The van der Waals surface area contributed by atoms with Gasteiger partial charge in [-0.3, -0.25) is 9.00 Å². The summed E-state index contributed by atoms with van der Waals surface area (Å²) < 4.78 is 12.0. The number of anilines is 1. The maximum atomic E-state index is 12.0. The Morgan fingerprint density at radius 2 is 2.22 bits per heavy atom. The summed E-state index contributed by atoms with van der Waals surface area (Å²) in [5, 5.41) is 2.81. The minimum Gasteiger partial charge on any atom is -0.399 e. The third-order valence-electron chi connectivity index (χ3n) is 3.05. The maximum absolute atomic E-state index is 12.0. The largest absolute Gasteiger partial charge is 0.399 e. The van der Waals surface area contributed by atoms with Crippen LogP contribution in [-0.2, 0) is 15.6 Å². The molecule has 2 rings (SSSR count). The van der Waals surface area contributed by atoms with Crippen molar-refractivity contribution in [3.8, 4) is 0 Å². The summed E-state index contributed by atoms with van der Waals surface area (Å²) in [5.74, 6) is 0.520. The van der Waals surface area contributed by atoms with Gasteiger partial charge in [-0.25, -0.2) is 0 Å². The number of carbonyl (C=O) groups is 1. The molecule has 0 aliphatic heterocycles. The number of hydrogen-bond donors (Lipinski definition) is 2. The van der Waals surface area contributed by atoms with Gasteiger partial charge in [0.25, 0.3) is 0 Å². The molecule has 4 nitrogen and oxygen atoms in total. The molecule has 5 heteroatoms. The molecule has 0 radical (unpaired) electrons. The quantitative estimate of drug-likeness (QED) is 0.787. The molecule has 1 unspecified atom stereocenters. The van der Waals surface area contributed by atoms with Crippen molar-refractivity contribution in [1.82, 2.24) is 5.32 Å². The molecule has 1 fully saturated rings. The Kier molecular flexibility index (Phi) is 4.01. The number of aryl methyl sites for hydroxylation is 1. The number of hydrogen-bond acceptors (Lipinski definition) is 3. The lowest BCUT2D eigenvalue weighted by molar-refractivity contribution is -0.118. The standard InChI is InChI=1S/C13H18N2O2S/c1-9-6-11(4-5-12(9)14)18(17)8-13(16)15-7-10-2-3-10/h4-6,10H,2-3,7-8,14H2,1H3,(H,15,16). The molecule has 0 heterocycles. The lowest BCUT2D eigenvalue weighted by Crippen LogP contribution is -2.30. The van der Waals surface area contributed by atoms with E-state index >= 15 is 0 Å². The Balaban J connectivity index is 1.89. The van der Waals surface area contributed by atoms with E-state index in [9.17, 15) is 9.00 Å². The molecule has 1 amide bonds. The van der Waals surface area contributed by atoms with Crippen molar-refractivity contribution in [3.63, 3.8) is 0 Å². The van der Waals surface area contributed by atoms with E-state index in [2.05, 4.69) is 5.32 Å². The second-order valence-electron chi connectivity index (χ2n) is 4.76. The molecular formula is C13H18N2O2S. The molecule has 1 atom stereocenters. The molecule has 1 aromatic rings. The molecule has 0 spiro atoms. The van der Waals surface area contributed by atoms with Crippen molar-refractivity contribution >= 4 is 22.4 Å². The minimum absolute atomic E-state index is 0.0239. The average Bonchev–Trinajstić information content (AvgIpc) is 3.14. The smallest absolute Gasteiger partial charge is 0.233 e. The molecule has 3 N–H and O–H groups in total. The number of benzene rings is 1. The minimum atomic E-state index is -1.29. The van der Waals surface area contributed by atoms with E-state index in [0.29, 0.717) is 16.5 Å². The Bertz CT molecular complexity index is 484. The highest BCUT2D eigenvalue weighted by atomic mass is 32.2. The maximum Gasteiger partial charge on any atom is 0.233 e. The van der Waals surface area contributed by atoms with Crippen LogP contribution in [0.5, 0.6) is 0 Å². The molecule has 1 aliphatic carbocycles. The van der Waals surface area contributed by atoms with Crippen LogP contribution in [0.25, 0.3) is 0 Å². The van der Waals surface area contributed by atoms with Crippen LogP contribution in [0.4, 0.5) is 5.69 Å². The van der Waals surface area contributed by atoms with Gasteiger partial charge in [-0.2, -0.15) is 0 Å². The SMILES string of the molecule is Cc1cc(S(=O)CC(=O)NCC2CC2)ccc1N. The zero-order valence-electron chi connectivity index (χ0n) is 10.4. The van der Waals surface area contributed by atoms with Crippen LogP contribution in [0.2, 0.25) is 0 Å². The van der Waals surface area contributed by atoms with E-state index in [0.717, 1.165) is 12.1 Å². The Hall–Kier alpha value is -1.36. The molecule has 0 aromatic heterocycles. The van der Waals surface area contributed by atoms with E-state index in [1.165, 1.54) is 12.8 Å². The lowest BCUT2D eigenvalue weighted by atomic mass is 10.2. The molecule has 1 aromatic carbocycles. The van der Waals surface area contributed by atoms with Gasteiger partial charge in [-0.1, -0.05) is 0 Å². The first-order valence-electron chi connectivity index (χ1n) is 6.07. The molecule has 0 bridgehead atoms. The predicted octanol–water partition coefficient (Wildman–Crippen LogP) is 1.21. The van der Waals surface area contributed by atoms with Crippen molar-refractivity contribution in [1.29, 1.82) is 0 Å². The van der Waals surface area contributed by atoms with Gasteiger partial charge in [-0.05, 0) is 49.4 Å². The van der Waals surface area contributed by atoms with Crippen molar-refractivity contribution in [2.45, 2.75) is 24.7 Å². The second-order valence-corrected chi connectivity index (χ2v) is 6.21. The number of nitrogens with one attached hydrogen (secondary N) is 1. The van der Waals surface area contributed by atoms with Crippen LogP contribution in [0, 0.1) is 12.8 Å². The zero-order chi connectivity index (χ0) is 13.1. The van der Waals surface area contributed by atoms with Gasteiger partial charge in [0.15, 0.2) is 0 Å². The number of nitrogen functional groups attached to an aromatic ring is 1. The second kappa shape index (κ2) is 5.52. The lowest BCUT2D eigenvalue weighted by Gasteiger charge is -2.06. The number of amides is 1. The Morgan fingerprint density at radius 1 is 1.50 bits per heavy atom. The van der Waals surface area contributed by atoms with Crippen LogP contribution in [-0.4, -0.2) is 22.4 Å². The number of carbonyl (C=O) groups excluding carboxylic acids is 1. The third-order valence-corrected chi connectivity index (χ3v) is 4.36. The predicted molar refractivity (Wildman–Crippen MR) is 72.6 cm³/mol. The van der Waals surface area contributed by atoms with Crippen molar-refractivity contribution in [3.05, 3.63) is 23.8 Å². The van der Waals surface area contributed by atoms with E-state index in [4.69, 9.17) is 5.73 Å². The average molecular weight is 266 g/mol. The van der Waals surface area contributed by atoms with Crippen LogP contribution in [0.3, 0.4) is 0 Å². The van der Waals surface area contributed by atoms with E-state index in [-0.39, 0.29) is 11.7 Å². The number of nitrogens with two attached hydrogens (primary N) is 1. The van der Waals surface area contributed by atoms with E-state index in [1.54, 1.807) is 18.2 Å². The Labute approximate surface area is 109 Å². The van der Waals surface area contributed by atoms with Gasteiger partial charge >= 0.3 is 0 Å². The fourth-order valence-electron chi connectivity index (χ4n) is 1.62. The zero-order valence-corrected chi connectivity index (χ0v) is 11.3. The summed E-state index contributed by atoms with van der Waals surface area (Å²) in [4.78, 5) is 12.2. The number of rotatable bonds is 5. The van der Waals surface area contributed by atoms with Crippen molar-refractivity contribution in [2.75, 3.05) is 18.0 Å². The highest BCUT2D eigenvalue weighted by Crippen LogP contribution is 2.27. The summed E-state index contributed by atoms with van der Waals surface area (Å²) >= 11 is 0. The van der Waals surface area contributed by atoms with Gasteiger partial charge in [0.1, 0.15) is 5.75 Å². The first-order chi connectivity index (χ1) is 8.56. The van der Waals surface area contributed by atoms with Gasteiger partial charge in [0, 0.05) is 17.1 Å². The van der Waals surface area contributed by atoms with Crippen LogP contribution >= 0.6 is 0 Å². The summed E-state index contributed by atoms with van der Waals surface area (Å²) in [6.45, 7) is 2.58. The first-order valence-corrected chi connectivity index (χ1v) is 7.39. The fourth-order valence-corrected chi connectivity index (χ4v) is 2.66. The topological polar surface area (TPSA) is 72.2 Å². The summed E-state index contributed by atoms with van der Waals surface area (Å²) in [7, 11) is -1.29. The molecular weight excluding hydrogens is 248 g/mol. The third kappa shape index (κ3) is 3.57. The van der Waals surface area contributed by atoms with E-state index in [1.807, 2.05) is 6.92 Å². The van der Waals surface area contributed by atoms with Crippen LogP contribution < -0.4 is 11.1 Å². The van der Waals surface area contributed by atoms with Gasteiger partial charge in [-0.15, -0.1) is 0 Å². The fraction of sp³-hybridized carbons (Fsp3) is 0.462. The molecule has 98 valence electrons. The van der Waals surface area contributed by atoms with Crippen LogP contribution in [0.1, 0.15) is 18.4 Å². The van der Waals surface area contributed by atoms with Crippen molar-refractivity contribution in [2.24, 2.45) is 5.92 Å². The van der Waals surface area contributed by atoms with Crippen molar-refractivity contribution < 1.29 is 9.00 Å². The highest BCUT2D eigenvalue weighted by Gasteiger charge is 2.22. The molecule has 0 saturated heterocycles. The van der Waals surface area contributed by atoms with Crippen LogP contribution in [0.15, 0.2) is 23.1 Å². The molecule has 1 saturated carbocycles. The normalized spacial score (nSPS) is 16.3. The summed E-state index contributed by atoms with van der Waals surface area (Å²) in [6.07, 6.45) is 2.39.